The summed E-state index contributed by atoms with van der Waals surface area (Å²) >= 11 is 1.91. The van der Waals surface area contributed by atoms with Gasteiger partial charge in [0.15, 0.2) is 0 Å². The van der Waals surface area contributed by atoms with Crippen LogP contribution in [-0.2, 0) is 0 Å². The molecule has 0 spiro atoms. The van der Waals surface area contributed by atoms with Crippen LogP contribution < -0.4 is 5.32 Å². The fourth-order valence-corrected chi connectivity index (χ4v) is 2.60. The topological polar surface area (TPSA) is 12.0 Å². The Kier molecular flexibility index (Phi) is 3.56. The molecular formula is C9H14ClNS. The second-order valence-electron chi connectivity index (χ2n) is 3.22. The van der Waals surface area contributed by atoms with E-state index >= 15 is 0 Å². The summed E-state index contributed by atoms with van der Waals surface area (Å²) in [5.41, 5.74) is 1.41. The molecule has 0 saturated carbocycles. The fourth-order valence-electron chi connectivity index (χ4n) is 1.56. The Morgan fingerprint density at radius 2 is 2.42 bits per heavy atom. The zero-order valence-electron chi connectivity index (χ0n) is 7.17. The third-order valence-electron chi connectivity index (χ3n) is 2.21. The number of nitrogens with one attached hydrogen (secondary N) is 1. The number of rotatable bonds is 1. The first-order chi connectivity index (χ1) is 5.36. The van der Waals surface area contributed by atoms with E-state index in [-0.39, 0.29) is 12.4 Å². The van der Waals surface area contributed by atoms with Gasteiger partial charge in [0, 0.05) is 17.3 Å². The summed E-state index contributed by atoms with van der Waals surface area (Å²) in [5, 5.41) is 5.63. The van der Waals surface area contributed by atoms with Crippen LogP contribution in [0.5, 0.6) is 0 Å². The van der Waals surface area contributed by atoms with Crippen LogP contribution in [-0.4, -0.2) is 13.1 Å². The van der Waals surface area contributed by atoms with E-state index in [9.17, 15) is 0 Å². The van der Waals surface area contributed by atoms with E-state index in [1.165, 1.54) is 25.1 Å². The maximum Gasteiger partial charge on any atom is 0.00920 e. The number of aryl methyl sites for hydroxylation is 1. The van der Waals surface area contributed by atoms with Gasteiger partial charge < -0.3 is 5.32 Å². The van der Waals surface area contributed by atoms with Gasteiger partial charge in [-0.15, -0.1) is 23.7 Å². The van der Waals surface area contributed by atoms with Crippen LogP contribution in [0.15, 0.2) is 11.4 Å². The van der Waals surface area contributed by atoms with Crippen LogP contribution in [0, 0.1) is 6.92 Å². The summed E-state index contributed by atoms with van der Waals surface area (Å²) in [6.07, 6.45) is 1.32. The molecule has 1 unspecified atom stereocenters. The lowest BCUT2D eigenvalue weighted by atomic mass is 10.1. The van der Waals surface area contributed by atoms with Crippen molar-refractivity contribution in [2.45, 2.75) is 19.3 Å². The molecule has 12 heavy (non-hydrogen) atoms. The molecule has 1 aromatic heterocycles. The van der Waals surface area contributed by atoms with Gasteiger partial charge in [-0.25, -0.2) is 0 Å². The number of hydrogen-bond acceptors (Lipinski definition) is 2. The van der Waals surface area contributed by atoms with Crippen LogP contribution in [0.2, 0.25) is 0 Å². The van der Waals surface area contributed by atoms with E-state index in [0.717, 1.165) is 5.92 Å². The van der Waals surface area contributed by atoms with Crippen molar-refractivity contribution in [2.24, 2.45) is 0 Å². The first kappa shape index (κ1) is 10.0. The summed E-state index contributed by atoms with van der Waals surface area (Å²) in [4.78, 5) is 1.56. The molecule has 1 fully saturated rings. The van der Waals surface area contributed by atoms with Crippen LogP contribution >= 0.6 is 23.7 Å². The number of halogens is 1. The summed E-state index contributed by atoms with van der Waals surface area (Å²) in [7, 11) is 0. The minimum atomic E-state index is 0. The van der Waals surface area contributed by atoms with Gasteiger partial charge in [0.2, 0.25) is 0 Å². The lowest BCUT2D eigenvalue weighted by Gasteiger charge is -2.02. The average molecular weight is 204 g/mol. The first-order valence-electron chi connectivity index (χ1n) is 4.12. The summed E-state index contributed by atoms with van der Waals surface area (Å²) < 4.78 is 0. The summed E-state index contributed by atoms with van der Waals surface area (Å²) in [6.45, 7) is 4.55. The van der Waals surface area contributed by atoms with Crippen molar-refractivity contribution in [1.82, 2.24) is 5.32 Å². The summed E-state index contributed by atoms with van der Waals surface area (Å²) in [5.74, 6) is 0.800. The minimum absolute atomic E-state index is 0. The van der Waals surface area contributed by atoms with Gasteiger partial charge in [-0.2, -0.15) is 0 Å². The van der Waals surface area contributed by atoms with Crippen molar-refractivity contribution in [2.75, 3.05) is 13.1 Å². The molecule has 1 aliphatic rings. The number of thiophene rings is 1. The van der Waals surface area contributed by atoms with Gasteiger partial charge in [0.1, 0.15) is 0 Å². The molecule has 1 atom stereocenters. The molecule has 2 heterocycles. The standard InChI is InChI=1S/C9H13NS.ClH/c1-7-4-9(11-6-7)8-2-3-10-5-8;/h4,6,8,10H,2-3,5H2,1H3;1H. The SMILES string of the molecule is Cc1csc(C2CCNC2)c1.Cl. The Morgan fingerprint density at radius 1 is 1.58 bits per heavy atom. The zero-order valence-corrected chi connectivity index (χ0v) is 8.80. The lowest BCUT2D eigenvalue weighted by Crippen LogP contribution is -2.07. The monoisotopic (exact) mass is 203 g/mol. The van der Waals surface area contributed by atoms with E-state index in [1.807, 2.05) is 11.3 Å². The molecule has 68 valence electrons. The van der Waals surface area contributed by atoms with Gasteiger partial charge >= 0.3 is 0 Å². The quantitative estimate of drug-likeness (QED) is 0.740. The van der Waals surface area contributed by atoms with Crippen molar-refractivity contribution in [3.05, 3.63) is 21.9 Å². The normalized spacial score (nSPS) is 22.2. The largest absolute Gasteiger partial charge is 0.316 e. The van der Waals surface area contributed by atoms with Crippen molar-refractivity contribution < 1.29 is 0 Å². The van der Waals surface area contributed by atoms with Gasteiger partial charge in [-0.1, -0.05) is 0 Å². The molecule has 0 aliphatic carbocycles. The molecule has 0 aromatic carbocycles. The fraction of sp³-hybridized carbons (Fsp3) is 0.556. The Balaban J connectivity index is 0.000000720. The van der Waals surface area contributed by atoms with Crippen LogP contribution in [0.1, 0.15) is 22.8 Å². The predicted molar refractivity (Wildman–Crippen MR) is 56.5 cm³/mol. The van der Waals surface area contributed by atoms with E-state index in [0.29, 0.717) is 0 Å². The van der Waals surface area contributed by atoms with E-state index < -0.39 is 0 Å². The molecule has 0 amide bonds. The second kappa shape index (κ2) is 4.26. The summed E-state index contributed by atoms with van der Waals surface area (Å²) in [6, 6.07) is 2.32. The molecule has 2 rings (SSSR count). The molecule has 1 aromatic rings. The van der Waals surface area contributed by atoms with E-state index in [1.54, 1.807) is 4.88 Å². The Morgan fingerprint density at radius 3 is 2.92 bits per heavy atom. The molecule has 0 bridgehead atoms. The van der Waals surface area contributed by atoms with Crippen LogP contribution in [0.25, 0.3) is 0 Å². The first-order valence-corrected chi connectivity index (χ1v) is 5.00. The van der Waals surface area contributed by atoms with Crippen LogP contribution in [0.3, 0.4) is 0 Å². The van der Waals surface area contributed by atoms with Gasteiger partial charge in [0.05, 0.1) is 0 Å². The van der Waals surface area contributed by atoms with E-state index in [4.69, 9.17) is 0 Å². The van der Waals surface area contributed by atoms with Gasteiger partial charge in [-0.3, -0.25) is 0 Å². The van der Waals surface area contributed by atoms with E-state index in [2.05, 4.69) is 23.7 Å². The lowest BCUT2D eigenvalue weighted by molar-refractivity contribution is 0.778. The highest BCUT2D eigenvalue weighted by atomic mass is 35.5. The highest BCUT2D eigenvalue weighted by Gasteiger charge is 2.17. The average Bonchev–Trinajstić information content (AvgIpc) is 2.55. The molecule has 3 heteroatoms. The molecule has 1 N–H and O–H groups in total. The van der Waals surface area contributed by atoms with Crippen molar-refractivity contribution in [3.8, 4) is 0 Å². The highest BCUT2D eigenvalue weighted by Crippen LogP contribution is 2.27. The zero-order chi connectivity index (χ0) is 7.68. The predicted octanol–water partition coefficient (Wildman–Crippen LogP) is 2.56. The van der Waals surface area contributed by atoms with Crippen molar-refractivity contribution in [3.63, 3.8) is 0 Å². The minimum Gasteiger partial charge on any atom is -0.316 e. The molecule has 1 nitrogen and oxygen atoms in total. The number of hydrogen-bond donors (Lipinski definition) is 1. The highest BCUT2D eigenvalue weighted by molar-refractivity contribution is 7.10. The van der Waals surface area contributed by atoms with Crippen molar-refractivity contribution in [1.29, 1.82) is 0 Å². The third-order valence-corrected chi connectivity index (χ3v) is 3.43. The second-order valence-corrected chi connectivity index (χ2v) is 4.16. The Hall–Kier alpha value is -0.0500. The molecule has 0 radical (unpaired) electrons. The van der Waals surface area contributed by atoms with Gasteiger partial charge in [0.25, 0.3) is 0 Å². The van der Waals surface area contributed by atoms with Gasteiger partial charge in [-0.05, 0) is 36.9 Å². The van der Waals surface area contributed by atoms with Crippen molar-refractivity contribution >= 4 is 23.7 Å². The Bertz CT molecular complexity index is 240. The van der Waals surface area contributed by atoms with Crippen LogP contribution in [0.4, 0.5) is 0 Å². The third kappa shape index (κ3) is 2.00. The maximum absolute atomic E-state index is 3.39. The molecule has 1 saturated heterocycles. The smallest absolute Gasteiger partial charge is 0.00920 e. The molecular weight excluding hydrogens is 190 g/mol. The molecule has 1 aliphatic heterocycles. The Labute approximate surface area is 83.6 Å². The maximum atomic E-state index is 3.39.